The van der Waals surface area contributed by atoms with Gasteiger partial charge in [0.15, 0.2) is 0 Å². The molecule has 1 saturated heterocycles. The number of hydrogen-bond acceptors (Lipinski definition) is 6. The van der Waals surface area contributed by atoms with E-state index in [1.807, 2.05) is 31.8 Å². The van der Waals surface area contributed by atoms with Gasteiger partial charge in [0.2, 0.25) is 0 Å². The smallest absolute Gasteiger partial charge is 0.149 e. The summed E-state index contributed by atoms with van der Waals surface area (Å²) in [6.45, 7) is 8.95. The monoisotopic (exact) mass is 405 g/mol. The van der Waals surface area contributed by atoms with Gasteiger partial charge in [-0.1, -0.05) is 11.6 Å². The second-order valence-corrected chi connectivity index (χ2v) is 8.77. The fraction of sp³-hybridized carbons (Fsp3) is 0.550. The van der Waals surface area contributed by atoms with Gasteiger partial charge in [0.05, 0.1) is 17.9 Å². The number of pyridine rings is 1. The van der Waals surface area contributed by atoms with E-state index in [0.717, 1.165) is 23.1 Å². The van der Waals surface area contributed by atoms with Crippen molar-refractivity contribution in [2.75, 3.05) is 31.2 Å². The summed E-state index contributed by atoms with van der Waals surface area (Å²) in [5.74, 6) is 3.32. The van der Waals surface area contributed by atoms with Gasteiger partial charge in [-0.3, -0.25) is 4.98 Å². The molecule has 7 heteroatoms. The lowest BCUT2D eigenvalue weighted by atomic mass is 10.0. The van der Waals surface area contributed by atoms with E-state index in [9.17, 15) is 0 Å². The molecule has 1 unspecified atom stereocenters. The number of piperidine rings is 1. The zero-order valence-electron chi connectivity index (χ0n) is 16.5. The Hall–Kier alpha value is -1.37. The van der Waals surface area contributed by atoms with Crippen molar-refractivity contribution in [3.05, 3.63) is 40.1 Å². The van der Waals surface area contributed by atoms with Crippen LogP contribution in [0.1, 0.15) is 35.6 Å². The molecule has 0 aromatic carbocycles. The lowest BCUT2D eigenvalue weighted by Gasteiger charge is -2.29. The van der Waals surface area contributed by atoms with Crippen LogP contribution in [-0.2, 0) is 6.54 Å². The van der Waals surface area contributed by atoms with Crippen molar-refractivity contribution >= 4 is 29.2 Å². The van der Waals surface area contributed by atoms with Crippen LogP contribution in [0.2, 0.25) is 5.02 Å². The van der Waals surface area contributed by atoms with Crippen LogP contribution < -0.4 is 5.32 Å². The molecule has 0 amide bonds. The summed E-state index contributed by atoms with van der Waals surface area (Å²) < 4.78 is 0. The third-order valence-electron chi connectivity index (χ3n) is 5.01. The van der Waals surface area contributed by atoms with E-state index >= 15 is 0 Å². The van der Waals surface area contributed by atoms with E-state index in [0.29, 0.717) is 23.2 Å². The van der Waals surface area contributed by atoms with E-state index in [-0.39, 0.29) is 0 Å². The number of nitrogens with one attached hydrogen (secondary N) is 1. The van der Waals surface area contributed by atoms with Gasteiger partial charge in [0, 0.05) is 23.4 Å². The molecule has 1 atom stereocenters. The van der Waals surface area contributed by atoms with Gasteiger partial charge >= 0.3 is 0 Å². The second kappa shape index (κ2) is 9.22. The molecule has 5 nitrogen and oxygen atoms in total. The van der Waals surface area contributed by atoms with Crippen LogP contribution in [0.25, 0.3) is 0 Å². The lowest BCUT2D eigenvalue weighted by molar-refractivity contribution is 0.224. The van der Waals surface area contributed by atoms with Gasteiger partial charge in [-0.2, -0.15) is 0 Å². The van der Waals surface area contributed by atoms with Crippen molar-refractivity contribution in [1.29, 1.82) is 0 Å². The summed E-state index contributed by atoms with van der Waals surface area (Å²) >= 11 is 8.29. The van der Waals surface area contributed by atoms with Crippen LogP contribution in [-0.4, -0.2) is 45.7 Å². The first-order valence-electron chi connectivity index (χ1n) is 9.44. The van der Waals surface area contributed by atoms with E-state index in [1.54, 1.807) is 0 Å². The first-order chi connectivity index (χ1) is 12.9. The Morgan fingerprint density at radius 2 is 2.11 bits per heavy atom. The number of likely N-dealkylation sites (tertiary alicyclic amines) is 1. The summed E-state index contributed by atoms with van der Waals surface area (Å²) in [7, 11) is 2.22. The summed E-state index contributed by atoms with van der Waals surface area (Å²) in [4.78, 5) is 17.0. The third-order valence-corrected chi connectivity index (χ3v) is 6.85. The van der Waals surface area contributed by atoms with Crippen LogP contribution in [0.15, 0.2) is 17.2 Å². The molecule has 146 valence electrons. The maximum Gasteiger partial charge on any atom is 0.149 e. The molecule has 0 spiro atoms. The van der Waals surface area contributed by atoms with Gasteiger partial charge in [-0.25, -0.2) is 9.97 Å². The maximum atomic E-state index is 6.33. The normalized spacial score (nSPS) is 17.9. The van der Waals surface area contributed by atoms with Crippen LogP contribution >= 0.6 is 23.4 Å². The molecule has 27 heavy (non-hydrogen) atoms. The minimum atomic E-state index is 0.574. The number of aryl methyl sites for hydroxylation is 2. The van der Waals surface area contributed by atoms with Gasteiger partial charge in [0.1, 0.15) is 16.7 Å². The SMILES string of the molecule is Cc1nc(C)c(Cl)c(NCc2nccc(SCC3CCCN(C)C3)c2C)n1. The van der Waals surface area contributed by atoms with Gasteiger partial charge in [0.25, 0.3) is 0 Å². The largest absolute Gasteiger partial charge is 0.363 e. The Bertz CT molecular complexity index is 798. The Morgan fingerprint density at radius 3 is 2.89 bits per heavy atom. The Labute approximate surface area is 171 Å². The average molecular weight is 406 g/mol. The molecule has 0 radical (unpaired) electrons. The predicted molar refractivity (Wildman–Crippen MR) is 114 cm³/mol. The highest BCUT2D eigenvalue weighted by Crippen LogP contribution is 2.29. The summed E-state index contributed by atoms with van der Waals surface area (Å²) in [5.41, 5.74) is 3.06. The first-order valence-corrected chi connectivity index (χ1v) is 10.8. The Balaban J connectivity index is 1.64. The molecule has 3 rings (SSSR count). The molecule has 2 aromatic rings. The Kier molecular flexibility index (Phi) is 6.95. The summed E-state index contributed by atoms with van der Waals surface area (Å²) in [6.07, 6.45) is 4.54. The number of hydrogen-bond donors (Lipinski definition) is 1. The van der Waals surface area contributed by atoms with Crippen molar-refractivity contribution in [2.45, 2.75) is 45.1 Å². The molecule has 1 aliphatic heterocycles. The highest BCUT2D eigenvalue weighted by atomic mass is 35.5. The van der Waals surface area contributed by atoms with Crippen molar-refractivity contribution in [1.82, 2.24) is 19.9 Å². The summed E-state index contributed by atoms with van der Waals surface area (Å²) in [6, 6.07) is 2.13. The van der Waals surface area contributed by atoms with Crippen LogP contribution in [0.5, 0.6) is 0 Å². The zero-order chi connectivity index (χ0) is 19.4. The minimum absolute atomic E-state index is 0.574. The van der Waals surface area contributed by atoms with E-state index < -0.39 is 0 Å². The Morgan fingerprint density at radius 1 is 1.30 bits per heavy atom. The van der Waals surface area contributed by atoms with Gasteiger partial charge in [-0.05, 0) is 64.8 Å². The van der Waals surface area contributed by atoms with Crippen molar-refractivity contribution in [2.24, 2.45) is 5.92 Å². The molecule has 1 aliphatic rings. The summed E-state index contributed by atoms with van der Waals surface area (Å²) in [5, 5.41) is 3.90. The first kappa shape index (κ1) is 20.4. The molecule has 0 aliphatic carbocycles. The molecule has 2 aromatic heterocycles. The van der Waals surface area contributed by atoms with E-state index in [2.05, 4.69) is 45.2 Å². The van der Waals surface area contributed by atoms with Gasteiger partial charge in [-0.15, -0.1) is 11.8 Å². The molecule has 0 saturated carbocycles. The maximum absolute atomic E-state index is 6.33. The molecular weight excluding hydrogens is 378 g/mol. The average Bonchev–Trinajstić information content (AvgIpc) is 2.63. The topological polar surface area (TPSA) is 53.9 Å². The number of nitrogens with zero attached hydrogens (tertiary/aromatic N) is 4. The fourth-order valence-electron chi connectivity index (χ4n) is 3.49. The van der Waals surface area contributed by atoms with Crippen molar-refractivity contribution < 1.29 is 0 Å². The highest BCUT2D eigenvalue weighted by Gasteiger charge is 2.18. The predicted octanol–water partition coefficient (Wildman–Crippen LogP) is 4.50. The quantitative estimate of drug-likeness (QED) is 0.714. The number of anilines is 1. The molecule has 3 heterocycles. The second-order valence-electron chi connectivity index (χ2n) is 7.33. The number of rotatable bonds is 6. The number of halogens is 1. The lowest BCUT2D eigenvalue weighted by Crippen LogP contribution is -2.33. The standard InChI is InChI=1S/C20H28ClN5S/c1-13-17(10-23-20-19(21)14(2)24-15(3)25-20)22-8-7-18(13)27-12-16-6-5-9-26(4)11-16/h7-8,16H,5-6,9-12H2,1-4H3,(H,23,24,25). The van der Waals surface area contributed by atoms with Crippen molar-refractivity contribution in [3.8, 4) is 0 Å². The third kappa shape index (κ3) is 5.33. The number of aromatic nitrogens is 3. The van der Waals surface area contributed by atoms with Gasteiger partial charge < -0.3 is 10.2 Å². The van der Waals surface area contributed by atoms with Crippen molar-refractivity contribution in [3.63, 3.8) is 0 Å². The van der Waals surface area contributed by atoms with Crippen LogP contribution in [0.3, 0.4) is 0 Å². The van der Waals surface area contributed by atoms with E-state index in [1.165, 1.54) is 36.4 Å². The van der Waals surface area contributed by atoms with E-state index in [4.69, 9.17) is 11.6 Å². The molecule has 1 N–H and O–H groups in total. The fourth-order valence-corrected chi connectivity index (χ4v) is 4.82. The molecule has 0 bridgehead atoms. The number of thioether (sulfide) groups is 1. The van der Waals surface area contributed by atoms with Crippen LogP contribution in [0.4, 0.5) is 5.82 Å². The van der Waals surface area contributed by atoms with Crippen LogP contribution in [0, 0.1) is 26.7 Å². The minimum Gasteiger partial charge on any atom is -0.363 e. The molecular formula is C20H28ClN5S. The highest BCUT2D eigenvalue weighted by molar-refractivity contribution is 7.99. The zero-order valence-corrected chi connectivity index (χ0v) is 18.1. The molecule has 1 fully saturated rings.